The van der Waals surface area contributed by atoms with Gasteiger partial charge >= 0.3 is 5.97 Å². The number of carbonyl (C=O) groups excluding carboxylic acids is 3. The number of nitrogens with one attached hydrogen (secondary N) is 1. The first kappa shape index (κ1) is 20.8. The highest BCUT2D eigenvalue weighted by molar-refractivity contribution is 7.18. The molecule has 0 atom stereocenters. The lowest BCUT2D eigenvalue weighted by Crippen LogP contribution is -2.13. The number of nitro benzene ring substituents is 1. The maximum atomic E-state index is 12.2. The highest BCUT2D eigenvalue weighted by Gasteiger charge is 2.25. The number of nitrogens with two attached hydrogens (primary N) is 1. The van der Waals surface area contributed by atoms with Crippen LogP contribution in [0.4, 0.5) is 10.7 Å². The van der Waals surface area contributed by atoms with Crippen molar-refractivity contribution in [3.05, 3.63) is 62.0 Å². The van der Waals surface area contributed by atoms with Crippen LogP contribution in [0.25, 0.3) is 6.08 Å². The summed E-state index contributed by atoms with van der Waals surface area (Å²) in [6, 6.07) is 5.62. The summed E-state index contributed by atoms with van der Waals surface area (Å²) in [5.41, 5.74) is 6.25. The Labute approximate surface area is 163 Å². The Morgan fingerprint density at radius 2 is 1.93 bits per heavy atom. The van der Waals surface area contributed by atoms with E-state index < -0.39 is 22.7 Å². The van der Waals surface area contributed by atoms with Crippen molar-refractivity contribution in [3.8, 4) is 0 Å². The van der Waals surface area contributed by atoms with Gasteiger partial charge < -0.3 is 15.8 Å². The number of hydrogen-bond acceptors (Lipinski definition) is 7. The van der Waals surface area contributed by atoms with Crippen LogP contribution in [-0.4, -0.2) is 29.3 Å². The van der Waals surface area contributed by atoms with E-state index in [4.69, 9.17) is 10.5 Å². The van der Waals surface area contributed by atoms with Crippen LogP contribution in [0.15, 0.2) is 30.3 Å². The number of amides is 2. The van der Waals surface area contributed by atoms with Gasteiger partial charge in [0.2, 0.25) is 5.91 Å². The molecule has 2 aromatic rings. The molecule has 1 aromatic carbocycles. The van der Waals surface area contributed by atoms with Crippen LogP contribution in [0.3, 0.4) is 0 Å². The first-order chi connectivity index (χ1) is 13.2. The molecule has 1 heterocycles. The van der Waals surface area contributed by atoms with E-state index in [0.29, 0.717) is 11.1 Å². The van der Waals surface area contributed by atoms with Crippen LogP contribution in [0.5, 0.6) is 0 Å². The minimum Gasteiger partial charge on any atom is -0.462 e. The molecular weight excluding hydrogens is 386 g/mol. The Morgan fingerprint density at radius 1 is 1.29 bits per heavy atom. The third-order valence-corrected chi connectivity index (χ3v) is 4.84. The fourth-order valence-corrected chi connectivity index (χ4v) is 3.37. The summed E-state index contributed by atoms with van der Waals surface area (Å²) in [5.74, 6) is -1.94. The second-order valence-electron chi connectivity index (χ2n) is 5.52. The molecule has 146 valence electrons. The molecule has 0 unspecified atom stereocenters. The van der Waals surface area contributed by atoms with Crippen LogP contribution < -0.4 is 11.1 Å². The summed E-state index contributed by atoms with van der Waals surface area (Å²) in [4.78, 5) is 46.2. The van der Waals surface area contributed by atoms with Gasteiger partial charge in [-0.05, 0) is 43.2 Å². The zero-order chi connectivity index (χ0) is 20.8. The smallest absolute Gasteiger partial charge is 0.341 e. The van der Waals surface area contributed by atoms with Gasteiger partial charge in [-0.1, -0.05) is 0 Å². The number of anilines is 1. The minimum absolute atomic E-state index is 0.0614. The SMILES string of the molecule is CCOC(=O)c1c(NC(=O)/C=C/c2ccc([N+](=O)[O-])cc2)sc(C(N)=O)c1C. The van der Waals surface area contributed by atoms with Crippen molar-refractivity contribution in [2.24, 2.45) is 5.73 Å². The van der Waals surface area contributed by atoms with E-state index in [9.17, 15) is 24.5 Å². The molecule has 0 saturated carbocycles. The highest BCUT2D eigenvalue weighted by atomic mass is 32.1. The van der Waals surface area contributed by atoms with Crippen LogP contribution in [-0.2, 0) is 9.53 Å². The van der Waals surface area contributed by atoms with E-state index in [2.05, 4.69) is 5.32 Å². The molecule has 0 aliphatic rings. The van der Waals surface area contributed by atoms with E-state index in [0.717, 1.165) is 11.3 Å². The minimum atomic E-state index is -0.713. The average molecular weight is 403 g/mol. The lowest BCUT2D eigenvalue weighted by atomic mass is 10.1. The van der Waals surface area contributed by atoms with Crippen LogP contribution in [0.2, 0.25) is 0 Å². The van der Waals surface area contributed by atoms with Crippen LogP contribution in [0, 0.1) is 17.0 Å². The van der Waals surface area contributed by atoms with Crippen LogP contribution >= 0.6 is 11.3 Å². The summed E-state index contributed by atoms with van der Waals surface area (Å²) in [7, 11) is 0. The van der Waals surface area contributed by atoms with E-state index in [1.165, 1.54) is 36.4 Å². The Balaban J connectivity index is 2.22. The van der Waals surface area contributed by atoms with E-state index in [1.54, 1.807) is 13.8 Å². The van der Waals surface area contributed by atoms with E-state index in [-0.39, 0.29) is 27.7 Å². The lowest BCUT2D eigenvalue weighted by Gasteiger charge is -2.05. The predicted octanol–water partition coefficient (Wildman–Crippen LogP) is 2.89. The summed E-state index contributed by atoms with van der Waals surface area (Å²) < 4.78 is 4.98. The molecule has 0 aliphatic carbocycles. The number of primary amides is 1. The molecule has 2 rings (SSSR count). The van der Waals surface area contributed by atoms with E-state index in [1.807, 2.05) is 0 Å². The van der Waals surface area contributed by atoms with Crippen molar-refractivity contribution in [2.45, 2.75) is 13.8 Å². The van der Waals surface area contributed by atoms with Crippen molar-refractivity contribution in [2.75, 3.05) is 11.9 Å². The third-order valence-electron chi connectivity index (χ3n) is 3.62. The molecule has 0 radical (unpaired) electrons. The first-order valence-corrected chi connectivity index (χ1v) is 8.90. The molecule has 9 nitrogen and oxygen atoms in total. The van der Waals surface area contributed by atoms with Crippen molar-refractivity contribution >= 4 is 45.9 Å². The number of carbonyl (C=O) groups is 3. The number of rotatable bonds is 7. The van der Waals surface area contributed by atoms with Gasteiger partial charge in [-0.2, -0.15) is 0 Å². The van der Waals surface area contributed by atoms with Gasteiger partial charge in [-0.15, -0.1) is 11.3 Å². The fourth-order valence-electron chi connectivity index (χ4n) is 2.32. The molecule has 10 heteroatoms. The van der Waals surface area contributed by atoms with Crippen molar-refractivity contribution < 1.29 is 24.0 Å². The van der Waals surface area contributed by atoms with Gasteiger partial charge in [-0.3, -0.25) is 19.7 Å². The highest BCUT2D eigenvalue weighted by Crippen LogP contribution is 2.33. The Hall–Kier alpha value is -3.53. The third kappa shape index (κ3) is 4.80. The average Bonchev–Trinajstić information content (AvgIpc) is 2.96. The van der Waals surface area contributed by atoms with Gasteiger partial charge in [0.1, 0.15) is 5.00 Å². The molecule has 3 N–H and O–H groups in total. The molecule has 0 aliphatic heterocycles. The molecule has 0 fully saturated rings. The summed E-state index contributed by atoms with van der Waals surface area (Å²) in [5, 5.41) is 13.3. The van der Waals surface area contributed by atoms with Crippen molar-refractivity contribution in [1.29, 1.82) is 0 Å². The molecular formula is C18H17N3O6S. The van der Waals surface area contributed by atoms with Crippen LogP contribution in [0.1, 0.15) is 38.1 Å². The number of thiophene rings is 1. The normalized spacial score (nSPS) is 10.6. The second-order valence-corrected chi connectivity index (χ2v) is 6.54. The molecule has 0 spiro atoms. The number of ether oxygens (including phenoxy) is 1. The Morgan fingerprint density at radius 3 is 2.46 bits per heavy atom. The monoisotopic (exact) mass is 403 g/mol. The van der Waals surface area contributed by atoms with E-state index >= 15 is 0 Å². The quantitative estimate of drug-likeness (QED) is 0.315. The topological polar surface area (TPSA) is 142 Å². The van der Waals surface area contributed by atoms with Gasteiger partial charge in [0.25, 0.3) is 11.6 Å². The number of benzene rings is 1. The Bertz CT molecular complexity index is 962. The molecule has 28 heavy (non-hydrogen) atoms. The lowest BCUT2D eigenvalue weighted by molar-refractivity contribution is -0.384. The maximum absolute atomic E-state index is 12.2. The number of nitro groups is 1. The summed E-state index contributed by atoms with van der Waals surface area (Å²) in [6.45, 7) is 3.32. The predicted molar refractivity (Wildman–Crippen MR) is 104 cm³/mol. The zero-order valence-corrected chi connectivity index (χ0v) is 15.9. The van der Waals surface area contributed by atoms with Gasteiger partial charge in [-0.25, -0.2) is 4.79 Å². The molecule has 0 saturated heterocycles. The fraction of sp³-hybridized carbons (Fsp3) is 0.167. The number of esters is 1. The molecule has 2 amide bonds. The first-order valence-electron chi connectivity index (χ1n) is 8.08. The second kappa shape index (κ2) is 8.91. The number of nitrogens with zero attached hydrogens (tertiary/aromatic N) is 1. The number of non-ortho nitro benzene ring substituents is 1. The van der Waals surface area contributed by atoms with Gasteiger partial charge in [0.05, 0.1) is 22.0 Å². The number of hydrogen-bond donors (Lipinski definition) is 2. The molecule has 1 aromatic heterocycles. The summed E-state index contributed by atoms with van der Waals surface area (Å²) in [6.07, 6.45) is 2.66. The summed E-state index contributed by atoms with van der Waals surface area (Å²) >= 11 is 0.887. The Kier molecular flexibility index (Phi) is 6.61. The zero-order valence-electron chi connectivity index (χ0n) is 15.1. The van der Waals surface area contributed by atoms with Crippen molar-refractivity contribution in [1.82, 2.24) is 0 Å². The standard InChI is InChI=1S/C18H17N3O6S/c1-3-27-18(24)14-10(2)15(16(19)23)28-17(14)20-13(22)9-6-11-4-7-12(8-5-11)21(25)26/h4-9H,3H2,1-2H3,(H2,19,23)(H,20,22)/b9-6+. The van der Waals surface area contributed by atoms with Gasteiger partial charge in [0, 0.05) is 18.2 Å². The van der Waals surface area contributed by atoms with Gasteiger partial charge in [0.15, 0.2) is 0 Å². The molecule has 0 bridgehead atoms. The largest absolute Gasteiger partial charge is 0.462 e. The maximum Gasteiger partial charge on any atom is 0.341 e. The van der Waals surface area contributed by atoms with Crippen molar-refractivity contribution in [3.63, 3.8) is 0 Å².